The molecule has 2 fully saturated rings. The molecule has 8 nitrogen and oxygen atoms in total. The van der Waals surface area contributed by atoms with Crippen molar-refractivity contribution in [3.05, 3.63) is 65.0 Å². The second kappa shape index (κ2) is 10.8. The Morgan fingerprint density at radius 1 is 1.24 bits per heavy atom. The minimum absolute atomic E-state index is 0.0985. The number of pyridine rings is 1. The highest BCUT2D eigenvalue weighted by atomic mass is 19.4. The van der Waals surface area contributed by atoms with Crippen molar-refractivity contribution in [2.45, 2.75) is 44.2 Å². The fourth-order valence-corrected chi connectivity index (χ4v) is 4.62. The zero-order chi connectivity index (χ0) is 26.9. The van der Waals surface area contributed by atoms with Gasteiger partial charge < -0.3 is 30.0 Å². The first-order valence-electron chi connectivity index (χ1n) is 12.4. The SMILES string of the molecule is Cc1ccc(NC(=O)C2=CC(C(F)(F)F)=CNC3OC23)cc1-c1cc(OCCO)nc(C2CCOCC2)c1. The number of ether oxygens (including phenoxy) is 3. The Bertz CT molecular complexity index is 1270. The Balaban J connectivity index is 1.43. The van der Waals surface area contributed by atoms with E-state index < -0.39 is 30.0 Å². The molecular formula is C27H28F3N3O5. The number of aryl methyl sites for hydroxylation is 1. The molecule has 0 radical (unpaired) electrons. The number of nitrogens with zero attached hydrogens (tertiary/aromatic N) is 1. The van der Waals surface area contributed by atoms with Crippen LogP contribution in [-0.2, 0) is 14.3 Å². The molecule has 3 N–H and O–H groups in total. The highest BCUT2D eigenvalue weighted by molar-refractivity contribution is 6.05. The number of aliphatic hydroxyl groups is 1. The van der Waals surface area contributed by atoms with Crippen LogP contribution in [0, 0.1) is 6.92 Å². The van der Waals surface area contributed by atoms with Gasteiger partial charge in [-0.15, -0.1) is 0 Å². The molecule has 202 valence electrons. The first kappa shape index (κ1) is 26.2. The van der Waals surface area contributed by atoms with E-state index in [0.29, 0.717) is 24.8 Å². The van der Waals surface area contributed by atoms with Gasteiger partial charge >= 0.3 is 6.18 Å². The minimum atomic E-state index is -4.61. The number of fused-ring (bicyclic) bond motifs is 1. The molecule has 2 atom stereocenters. The summed E-state index contributed by atoms with van der Waals surface area (Å²) in [4.78, 5) is 17.7. The molecule has 1 aromatic carbocycles. The molecule has 0 spiro atoms. The van der Waals surface area contributed by atoms with Gasteiger partial charge in [-0.05, 0) is 60.7 Å². The maximum Gasteiger partial charge on any atom is 0.417 e. The first-order valence-corrected chi connectivity index (χ1v) is 12.4. The van der Waals surface area contributed by atoms with E-state index in [4.69, 9.17) is 14.2 Å². The van der Waals surface area contributed by atoms with Crippen molar-refractivity contribution >= 4 is 11.6 Å². The van der Waals surface area contributed by atoms with Gasteiger partial charge in [0.2, 0.25) is 5.88 Å². The van der Waals surface area contributed by atoms with E-state index in [9.17, 15) is 23.1 Å². The molecule has 11 heteroatoms. The number of hydrogen-bond donors (Lipinski definition) is 3. The van der Waals surface area contributed by atoms with Crippen molar-refractivity contribution in [2.24, 2.45) is 0 Å². The average Bonchev–Trinajstić information content (AvgIpc) is 3.68. The fraction of sp³-hybridized carbons (Fsp3) is 0.407. The van der Waals surface area contributed by atoms with E-state index in [1.807, 2.05) is 19.1 Å². The molecule has 0 aliphatic carbocycles. The third-order valence-corrected chi connectivity index (χ3v) is 6.71. The topological polar surface area (TPSA) is 105 Å². The van der Waals surface area contributed by atoms with Crippen molar-refractivity contribution in [3.63, 3.8) is 0 Å². The maximum atomic E-state index is 13.3. The van der Waals surface area contributed by atoms with Crippen LogP contribution in [-0.4, -0.2) is 60.9 Å². The predicted molar refractivity (Wildman–Crippen MR) is 132 cm³/mol. The van der Waals surface area contributed by atoms with E-state index in [2.05, 4.69) is 15.6 Å². The van der Waals surface area contributed by atoms with E-state index in [1.54, 1.807) is 18.2 Å². The molecule has 0 saturated carbocycles. The highest BCUT2D eigenvalue weighted by Gasteiger charge is 2.47. The highest BCUT2D eigenvalue weighted by Crippen LogP contribution is 2.37. The number of epoxide rings is 1. The summed E-state index contributed by atoms with van der Waals surface area (Å²) in [6.45, 7) is 3.16. The molecule has 0 bridgehead atoms. The normalized spacial score (nSPS) is 21.4. The molecule has 3 aliphatic rings. The number of carbonyl (C=O) groups excluding carboxylic acids is 1. The quantitative estimate of drug-likeness (QED) is 0.465. The number of aliphatic hydroxyl groups excluding tert-OH is 1. The molecule has 2 unspecified atom stereocenters. The summed E-state index contributed by atoms with van der Waals surface area (Å²) in [5, 5.41) is 14.5. The predicted octanol–water partition coefficient (Wildman–Crippen LogP) is 3.96. The molecule has 5 rings (SSSR count). The maximum absolute atomic E-state index is 13.3. The number of amides is 1. The summed E-state index contributed by atoms with van der Waals surface area (Å²) in [6, 6.07) is 9.05. The number of alkyl halides is 3. The monoisotopic (exact) mass is 531 g/mol. The molecule has 1 amide bonds. The lowest BCUT2D eigenvalue weighted by Crippen LogP contribution is -2.21. The van der Waals surface area contributed by atoms with Crippen molar-refractivity contribution < 1.29 is 37.3 Å². The van der Waals surface area contributed by atoms with Crippen LogP contribution in [0.15, 0.2) is 53.8 Å². The molecule has 38 heavy (non-hydrogen) atoms. The van der Waals surface area contributed by atoms with Gasteiger partial charge in [0.25, 0.3) is 5.91 Å². The van der Waals surface area contributed by atoms with E-state index in [1.165, 1.54) is 0 Å². The Hall–Kier alpha value is -3.41. The van der Waals surface area contributed by atoms with Crippen LogP contribution in [0.25, 0.3) is 11.1 Å². The van der Waals surface area contributed by atoms with Crippen LogP contribution < -0.4 is 15.4 Å². The summed E-state index contributed by atoms with van der Waals surface area (Å²) in [7, 11) is 0. The average molecular weight is 532 g/mol. The first-order chi connectivity index (χ1) is 18.2. The smallest absolute Gasteiger partial charge is 0.417 e. The van der Waals surface area contributed by atoms with Crippen molar-refractivity contribution in [2.75, 3.05) is 31.7 Å². The third kappa shape index (κ3) is 5.85. The number of halogens is 3. The van der Waals surface area contributed by atoms with Gasteiger partial charge in [0.1, 0.15) is 12.7 Å². The van der Waals surface area contributed by atoms with Crippen LogP contribution >= 0.6 is 0 Å². The van der Waals surface area contributed by atoms with Gasteiger partial charge in [-0.25, -0.2) is 4.98 Å². The summed E-state index contributed by atoms with van der Waals surface area (Å²) in [6.07, 6.45) is -2.73. The Labute approximate surface area is 217 Å². The third-order valence-electron chi connectivity index (χ3n) is 6.71. The molecule has 1 aromatic heterocycles. The van der Waals surface area contributed by atoms with Gasteiger partial charge in [-0.1, -0.05) is 6.07 Å². The van der Waals surface area contributed by atoms with E-state index in [-0.39, 0.29) is 24.7 Å². The Morgan fingerprint density at radius 2 is 2.03 bits per heavy atom. The number of benzene rings is 1. The van der Waals surface area contributed by atoms with Crippen LogP contribution in [0.5, 0.6) is 5.88 Å². The summed E-state index contributed by atoms with van der Waals surface area (Å²) in [5.41, 5.74) is 2.77. The molecular weight excluding hydrogens is 503 g/mol. The lowest BCUT2D eigenvalue weighted by Gasteiger charge is -2.23. The fourth-order valence-electron chi connectivity index (χ4n) is 4.62. The minimum Gasteiger partial charge on any atom is -0.475 e. The van der Waals surface area contributed by atoms with E-state index in [0.717, 1.165) is 47.5 Å². The molecule has 2 saturated heterocycles. The summed E-state index contributed by atoms with van der Waals surface area (Å²) >= 11 is 0. The van der Waals surface area contributed by atoms with Gasteiger partial charge in [-0.3, -0.25) is 4.79 Å². The molecule has 3 aliphatic heterocycles. The largest absolute Gasteiger partial charge is 0.475 e. The number of anilines is 1. The number of hydrogen-bond acceptors (Lipinski definition) is 7. The van der Waals surface area contributed by atoms with Crippen LogP contribution in [0.4, 0.5) is 18.9 Å². The van der Waals surface area contributed by atoms with Crippen molar-refractivity contribution in [3.8, 4) is 17.0 Å². The zero-order valence-corrected chi connectivity index (χ0v) is 20.7. The molecule has 2 aromatic rings. The van der Waals surface area contributed by atoms with Gasteiger partial charge in [0.05, 0.1) is 17.8 Å². The Kier molecular flexibility index (Phi) is 7.42. The van der Waals surface area contributed by atoms with Crippen LogP contribution in [0.2, 0.25) is 0 Å². The van der Waals surface area contributed by atoms with Gasteiger partial charge in [0, 0.05) is 42.8 Å². The summed E-state index contributed by atoms with van der Waals surface area (Å²) in [5.74, 6) is -0.0938. The lowest BCUT2D eigenvalue weighted by molar-refractivity contribution is -0.113. The summed E-state index contributed by atoms with van der Waals surface area (Å²) < 4.78 is 56.4. The standard InChI is InChI=1S/C27H28F3N3O5/c1-15-2-3-19(32-25(35)21-12-18(27(28,29)30)14-31-26-24(21)38-26)13-20(15)17-10-22(16-4-7-36-8-5-16)33-23(11-17)37-9-6-34/h2-3,10-14,16,24,26,31,34H,4-9H2,1H3,(H,32,35). The van der Waals surface area contributed by atoms with E-state index >= 15 is 0 Å². The van der Waals surface area contributed by atoms with Crippen LogP contribution in [0.1, 0.15) is 30.0 Å². The number of aromatic nitrogens is 1. The number of carbonyl (C=O) groups is 1. The van der Waals surface area contributed by atoms with Gasteiger partial charge in [-0.2, -0.15) is 13.2 Å². The van der Waals surface area contributed by atoms with Crippen LogP contribution in [0.3, 0.4) is 0 Å². The van der Waals surface area contributed by atoms with Gasteiger partial charge in [0.15, 0.2) is 6.23 Å². The number of rotatable bonds is 7. The number of allylic oxidation sites excluding steroid dienone is 2. The zero-order valence-electron chi connectivity index (χ0n) is 20.7. The second-order valence-corrected chi connectivity index (χ2v) is 9.40. The Morgan fingerprint density at radius 3 is 2.76 bits per heavy atom. The lowest BCUT2D eigenvalue weighted by atomic mass is 9.92. The van der Waals surface area contributed by atoms with Crippen molar-refractivity contribution in [1.82, 2.24) is 10.3 Å². The van der Waals surface area contributed by atoms with Crippen molar-refractivity contribution in [1.29, 1.82) is 0 Å². The second-order valence-electron chi connectivity index (χ2n) is 9.40. The molecule has 4 heterocycles. The number of nitrogens with one attached hydrogen (secondary N) is 2.